The van der Waals surface area contributed by atoms with Crippen molar-refractivity contribution >= 4 is 11.9 Å². The molecule has 1 aromatic rings. The number of piperidine rings is 2. The van der Waals surface area contributed by atoms with Crippen molar-refractivity contribution in [2.75, 3.05) is 38.5 Å². The summed E-state index contributed by atoms with van der Waals surface area (Å²) in [5, 5.41) is 3.34. The molecule has 0 aliphatic carbocycles. The van der Waals surface area contributed by atoms with Gasteiger partial charge in [-0.05, 0) is 57.9 Å². The fourth-order valence-electron chi connectivity index (χ4n) is 4.57. The number of cyclic esters (lactones) is 1. The maximum atomic E-state index is 12.4. The lowest BCUT2D eigenvalue weighted by Gasteiger charge is -2.33. The molecular weight excluding hydrogens is 318 g/mol. The van der Waals surface area contributed by atoms with Crippen LogP contribution in [-0.4, -0.2) is 59.7 Å². The molecule has 0 bridgehead atoms. The van der Waals surface area contributed by atoms with Crippen LogP contribution in [0.1, 0.15) is 43.7 Å². The van der Waals surface area contributed by atoms with E-state index in [-0.39, 0.29) is 17.5 Å². The molecule has 136 valence electrons. The van der Waals surface area contributed by atoms with Crippen molar-refractivity contribution in [3.8, 4) is 0 Å². The van der Waals surface area contributed by atoms with Gasteiger partial charge < -0.3 is 15.8 Å². The normalized spacial score (nSPS) is 27.5. The average Bonchev–Trinajstić information content (AvgIpc) is 2.91. The minimum absolute atomic E-state index is 0.0327. The Labute approximate surface area is 148 Å². The maximum Gasteiger partial charge on any atom is 0.312 e. The summed E-state index contributed by atoms with van der Waals surface area (Å²) < 4.78 is 5.74. The van der Waals surface area contributed by atoms with Crippen LogP contribution in [0, 0.1) is 5.41 Å². The second kappa shape index (κ2) is 6.88. The number of hydrogen-bond donors (Lipinski definition) is 2. The first kappa shape index (κ1) is 16.7. The summed E-state index contributed by atoms with van der Waals surface area (Å²) in [4.78, 5) is 23.1. The lowest BCUT2D eigenvalue weighted by Crippen LogP contribution is -2.40. The van der Waals surface area contributed by atoms with Crippen LogP contribution in [0.5, 0.6) is 0 Å². The van der Waals surface area contributed by atoms with E-state index >= 15 is 0 Å². The van der Waals surface area contributed by atoms with Crippen LogP contribution in [0.4, 0.5) is 5.95 Å². The highest BCUT2D eigenvalue weighted by Crippen LogP contribution is 2.42. The molecule has 0 saturated carbocycles. The first-order chi connectivity index (χ1) is 12.1. The van der Waals surface area contributed by atoms with Gasteiger partial charge in [0, 0.05) is 30.8 Å². The van der Waals surface area contributed by atoms with E-state index in [0.29, 0.717) is 11.9 Å². The van der Waals surface area contributed by atoms with Gasteiger partial charge in [-0.2, -0.15) is 0 Å². The standard InChI is InChI=1S/C18H27N5O2/c19-17-21-6-1-15(22-17)13-2-9-23(10-3-13)12-14-11-18(16(24)25-14)4-7-20-8-5-18/h1,6,13-14,20H,2-5,7-12H2,(H2,19,21,22). The van der Waals surface area contributed by atoms with Gasteiger partial charge in [0.25, 0.3) is 0 Å². The number of carbonyl (C=O) groups is 1. The average molecular weight is 345 g/mol. The van der Waals surface area contributed by atoms with Crippen LogP contribution in [0.2, 0.25) is 0 Å². The van der Waals surface area contributed by atoms with E-state index in [9.17, 15) is 4.79 Å². The fourth-order valence-corrected chi connectivity index (χ4v) is 4.57. The number of nitrogens with two attached hydrogens (primary N) is 1. The monoisotopic (exact) mass is 345 g/mol. The number of ether oxygens (including phenoxy) is 1. The number of anilines is 1. The van der Waals surface area contributed by atoms with Crippen LogP contribution in [0.3, 0.4) is 0 Å². The molecule has 4 heterocycles. The number of rotatable bonds is 3. The van der Waals surface area contributed by atoms with E-state index in [4.69, 9.17) is 10.5 Å². The summed E-state index contributed by atoms with van der Waals surface area (Å²) in [6, 6.07) is 1.97. The van der Waals surface area contributed by atoms with Crippen LogP contribution < -0.4 is 11.1 Å². The minimum atomic E-state index is -0.216. The van der Waals surface area contributed by atoms with Crippen molar-refractivity contribution in [1.82, 2.24) is 20.2 Å². The Morgan fingerprint density at radius 2 is 2.08 bits per heavy atom. The van der Waals surface area contributed by atoms with E-state index in [1.165, 1.54) is 0 Å². The van der Waals surface area contributed by atoms with Crippen molar-refractivity contribution in [1.29, 1.82) is 0 Å². The first-order valence-corrected chi connectivity index (χ1v) is 9.37. The molecule has 3 N–H and O–H groups in total. The number of nitrogens with one attached hydrogen (secondary N) is 1. The van der Waals surface area contributed by atoms with E-state index in [0.717, 1.165) is 70.5 Å². The Kier molecular flexibility index (Phi) is 4.60. The number of nitrogen functional groups attached to an aromatic ring is 1. The van der Waals surface area contributed by atoms with Gasteiger partial charge in [0.15, 0.2) is 0 Å². The number of carbonyl (C=O) groups excluding carboxylic acids is 1. The van der Waals surface area contributed by atoms with Crippen molar-refractivity contribution in [2.45, 2.75) is 44.1 Å². The highest BCUT2D eigenvalue weighted by atomic mass is 16.6. The molecule has 0 amide bonds. The number of hydrogen-bond acceptors (Lipinski definition) is 7. The molecule has 3 saturated heterocycles. The van der Waals surface area contributed by atoms with E-state index in [1.807, 2.05) is 6.07 Å². The van der Waals surface area contributed by atoms with E-state index < -0.39 is 0 Å². The summed E-state index contributed by atoms with van der Waals surface area (Å²) >= 11 is 0. The predicted octanol–water partition coefficient (Wildman–Crippen LogP) is 0.923. The van der Waals surface area contributed by atoms with Gasteiger partial charge in [-0.1, -0.05) is 0 Å². The van der Waals surface area contributed by atoms with Gasteiger partial charge in [-0.25, -0.2) is 9.97 Å². The molecule has 0 aromatic carbocycles. The van der Waals surface area contributed by atoms with Gasteiger partial charge in [0.05, 0.1) is 5.41 Å². The highest BCUT2D eigenvalue weighted by Gasteiger charge is 2.49. The van der Waals surface area contributed by atoms with Gasteiger partial charge in [-0.3, -0.25) is 9.69 Å². The molecule has 7 nitrogen and oxygen atoms in total. The van der Waals surface area contributed by atoms with Gasteiger partial charge in [0.2, 0.25) is 5.95 Å². The van der Waals surface area contributed by atoms with Crippen molar-refractivity contribution in [3.63, 3.8) is 0 Å². The molecular formula is C18H27N5O2. The lowest BCUT2D eigenvalue weighted by molar-refractivity contribution is -0.150. The third-order valence-corrected chi connectivity index (χ3v) is 6.05. The predicted molar refractivity (Wildman–Crippen MR) is 93.9 cm³/mol. The Balaban J connectivity index is 1.30. The Hall–Kier alpha value is -1.73. The topological polar surface area (TPSA) is 93.4 Å². The van der Waals surface area contributed by atoms with Crippen molar-refractivity contribution in [3.05, 3.63) is 18.0 Å². The second-order valence-corrected chi connectivity index (χ2v) is 7.68. The molecule has 1 aromatic heterocycles. The van der Waals surface area contributed by atoms with Crippen LogP contribution >= 0.6 is 0 Å². The Morgan fingerprint density at radius 3 is 2.80 bits per heavy atom. The molecule has 25 heavy (non-hydrogen) atoms. The SMILES string of the molecule is Nc1nccc(C2CCN(CC3CC4(CCNCC4)C(=O)O3)CC2)n1. The minimum Gasteiger partial charge on any atom is -0.461 e. The summed E-state index contributed by atoms with van der Waals surface area (Å²) in [7, 11) is 0. The Bertz CT molecular complexity index is 624. The molecule has 1 unspecified atom stereocenters. The highest BCUT2D eigenvalue weighted by molar-refractivity contribution is 5.79. The zero-order valence-corrected chi connectivity index (χ0v) is 14.6. The second-order valence-electron chi connectivity index (χ2n) is 7.68. The number of nitrogens with zero attached hydrogens (tertiary/aromatic N) is 3. The fraction of sp³-hybridized carbons (Fsp3) is 0.722. The third kappa shape index (κ3) is 3.48. The molecule has 7 heteroatoms. The molecule has 4 rings (SSSR count). The van der Waals surface area contributed by atoms with Gasteiger partial charge in [-0.15, -0.1) is 0 Å². The van der Waals surface area contributed by atoms with Crippen LogP contribution in [-0.2, 0) is 9.53 Å². The maximum absolute atomic E-state index is 12.4. The zero-order chi connectivity index (χ0) is 17.3. The smallest absolute Gasteiger partial charge is 0.312 e. The molecule has 1 spiro atoms. The third-order valence-electron chi connectivity index (χ3n) is 6.05. The summed E-state index contributed by atoms with van der Waals surface area (Å²) in [5.74, 6) is 0.832. The van der Waals surface area contributed by atoms with Crippen LogP contribution in [0.25, 0.3) is 0 Å². The molecule has 0 radical (unpaired) electrons. The zero-order valence-electron chi connectivity index (χ0n) is 14.6. The van der Waals surface area contributed by atoms with Gasteiger partial charge >= 0.3 is 5.97 Å². The first-order valence-electron chi connectivity index (χ1n) is 9.37. The Morgan fingerprint density at radius 1 is 1.32 bits per heavy atom. The summed E-state index contributed by atoms with van der Waals surface area (Å²) in [5.41, 5.74) is 6.53. The van der Waals surface area contributed by atoms with E-state index in [2.05, 4.69) is 20.2 Å². The molecule has 3 fully saturated rings. The number of aromatic nitrogens is 2. The molecule has 3 aliphatic heterocycles. The number of esters is 1. The van der Waals surface area contributed by atoms with Crippen molar-refractivity contribution < 1.29 is 9.53 Å². The molecule has 3 aliphatic rings. The number of likely N-dealkylation sites (tertiary alicyclic amines) is 1. The summed E-state index contributed by atoms with van der Waals surface area (Å²) in [6.45, 7) is 4.73. The summed E-state index contributed by atoms with van der Waals surface area (Å²) in [6.07, 6.45) is 6.63. The van der Waals surface area contributed by atoms with Gasteiger partial charge in [0.1, 0.15) is 6.10 Å². The van der Waals surface area contributed by atoms with Crippen LogP contribution in [0.15, 0.2) is 12.3 Å². The van der Waals surface area contributed by atoms with Crippen molar-refractivity contribution in [2.24, 2.45) is 5.41 Å². The lowest BCUT2D eigenvalue weighted by atomic mass is 9.76. The quantitative estimate of drug-likeness (QED) is 0.787. The molecule has 1 atom stereocenters. The van der Waals surface area contributed by atoms with E-state index in [1.54, 1.807) is 6.20 Å². The largest absolute Gasteiger partial charge is 0.461 e.